The highest BCUT2D eigenvalue weighted by Crippen LogP contribution is 2.50. The average molecular weight is 451 g/mol. The maximum absolute atomic E-state index is 10.2. The summed E-state index contributed by atoms with van der Waals surface area (Å²) in [6.07, 6.45) is 2.31. The Bertz CT molecular complexity index is 808. The van der Waals surface area contributed by atoms with E-state index in [0.717, 1.165) is 34.3 Å². The SMILES string of the molecule is COc1cc([C@H]2Nc3ccc(C)cc3[C@H]3OCCC[C@@H]23)cc(I)c1O. The number of benzene rings is 2. The van der Waals surface area contributed by atoms with Crippen molar-refractivity contribution in [2.45, 2.75) is 31.9 Å². The van der Waals surface area contributed by atoms with Crippen LogP contribution in [0.15, 0.2) is 30.3 Å². The molecule has 4 nitrogen and oxygen atoms in total. The topological polar surface area (TPSA) is 50.7 Å². The van der Waals surface area contributed by atoms with E-state index in [9.17, 15) is 5.11 Å². The van der Waals surface area contributed by atoms with E-state index in [0.29, 0.717) is 11.7 Å². The molecule has 132 valence electrons. The lowest BCUT2D eigenvalue weighted by Gasteiger charge is -2.43. The minimum Gasteiger partial charge on any atom is -0.504 e. The van der Waals surface area contributed by atoms with Gasteiger partial charge < -0.3 is 19.9 Å². The van der Waals surface area contributed by atoms with E-state index in [1.807, 2.05) is 12.1 Å². The van der Waals surface area contributed by atoms with Crippen molar-refractivity contribution >= 4 is 28.3 Å². The number of hydrogen-bond donors (Lipinski definition) is 2. The molecule has 3 atom stereocenters. The highest BCUT2D eigenvalue weighted by molar-refractivity contribution is 14.1. The molecule has 5 heteroatoms. The zero-order valence-corrected chi connectivity index (χ0v) is 16.5. The molecule has 0 aliphatic carbocycles. The number of phenolic OH excluding ortho intramolecular Hbond substituents is 1. The lowest BCUT2D eigenvalue weighted by molar-refractivity contribution is -0.0381. The molecule has 1 fully saturated rings. The van der Waals surface area contributed by atoms with Gasteiger partial charge in [-0.3, -0.25) is 0 Å². The first-order valence-corrected chi connectivity index (χ1v) is 9.71. The number of ether oxygens (including phenoxy) is 2. The number of nitrogens with one attached hydrogen (secondary N) is 1. The number of phenols is 1. The molecule has 25 heavy (non-hydrogen) atoms. The van der Waals surface area contributed by atoms with E-state index in [2.05, 4.69) is 53.0 Å². The van der Waals surface area contributed by atoms with Crippen LogP contribution in [-0.2, 0) is 4.74 Å². The van der Waals surface area contributed by atoms with Gasteiger partial charge in [0.2, 0.25) is 0 Å². The van der Waals surface area contributed by atoms with Gasteiger partial charge in [-0.2, -0.15) is 0 Å². The summed E-state index contributed by atoms with van der Waals surface area (Å²) in [5, 5.41) is 13.9. The van der Waals surface area contributed by atoms with E-state index in [1.165, 1.54) is 11.1 Å². The number of aryl methyl sites for hydroxylation is 1. The van der Waals surface area contributed by atoms with E-state index in [-0.39, 0.29) is 17.9 Å². The van der Waals surface area contributed by atoms with Crippen LogP contribution in [0.4, 0.5) is 5.69 Å². The molecule has 2 heterocycles. The van der Waals surface area contributed by atoms with E-state index >= 15 is 0 Å². The number of rotatable bonds is 2. The summed E-state index contributed by atoms with van der Waals surface area (Å²) in [5.41, 5.74) is 4.79. The summed E-state index contributed by atoms with van der Waals surface area (Å²) < 4.78 is 12.4. The second-order valence-corrected chi connectivity index (χ2v) is 8.03. The summed E-state index contributed by atoms with van der Waals surface area (Å²) in [6, 6.07) is 10.6. The van der Waals surface area contributed by atoms with Gasteiger partial charge in [-0.1, -0.05) is 17.7 Å². The van der Waals surface area contributed by atoms with Crippen LogP contribution in [0.1, 0.15) is 41.7 Å². The molecule has 0 spiro atoms. The third-order valence-corrected chi connectivity index (χ3v) is 6.07. The molecule has 2 aliphatic heterocycles. The minimum atomic E-state index is 0.118. The predicted molar refractivity (Wildman–Crippen MR) is 106 cm³/mol. The Morgan fingerprint density at radius 3 is 2.92 bits per heavy atom. The Morgan fingerprint density at radius 1 is 1.28 bits per heavy atom. The van der Waals surface area contributed by atoms with Gasteiger partial charge in [-0.25, -0.2) is 0 Å². The molecular formula is C20H22INO3. The third-order valence-electron chi connectivity index (χ3n) is 5.25. The molecule has 0 saturated carbocycles. The van der Waals surface area contributed by atoms with Gasteiger partial charge in [-0.15, -0.1) is 0 Å². The Hall–Kier alpha value is -1.47. The van der Waals surface area contributed by atoms with Crippen molar-refractivity contribution in [2.75, 3.05) is 19.0 Å². The van der Waals surface area contributed by atoms with Crippen molar-refractivity contribution < 1.29 is 14.6 Å². The Morgan fingerprint density at radius 2 is 2.12 bits per heavy atom. The fourth-order valence-corrected chi connectivity index (χ4v) is 4.67. The van der Waals surface area contributed by atoms with Crippen molar-refractivity contribution in [1.29, 1.82) is 0 Å². The number of anilines is 1. The van der Waals surface area contributed by atoms with Gasteiger partial charge in [0.1, 0.15) is 0 Å². The first kappa shape index (κ1) is 17.0. The van der Waals surface area contributed by atoms with Crippen molar-refractivity contribution in [2.24, 2.45) is 5.92 Å². The molecule has 2 N–H and O–H groups in total. The molecule has 0 aromatic heterocycles. The van der Waals surface area contributed by atoms with Crippen molar-refractivity contribution in [3.8, 4) is 11.5 Å². The Kier molecular flexibility index (Phi) is 4.54. The van der Waals surface area contributed by atoms with Crippen molar-refractivity contribution in [1.82, 2.24) is 0 Å². The molecular weight excluding hydrogens is 429 g/mol. The highest BCUT2D eigenvalue weighted by Gasteiger charge is 2.40. The summed E-state index contributed by atoms with van der Waals surface area (Å²) in [5.74, 6) is 1.09. The average Bonchev–Trinajstić information content (AvgIpc) is 2.63. The summed E-state index contributed by atoms with van der Waals surface area (Å²) in [6.45, 7) is 2.94. The Balaban J connectivity index is 1.80. The smallest absolute Gasteiger partial charge is 0.171 e. The monoisotopic (exact) mass is 451 g/mol. The number of halogens is 1. The van der Waals surface area contributed by atoms with E-state index in [4.69, 9.17) is 9.47 Å². The number of hydrogen-bond acceptors (Lipinski definition) is 4. The summed E-state index contributed by atoms with van der Waals surface area (Å²) in [4.78, 5) is 0. The molecule has 4 rings (SSSR count). The fourth-order valence-electron chi connectivity index (χ4n) is 4.05. The Labute approximate surface area is 161 Å². The lowest BCUT2D eigenvalue weighted by Crippen LogP contribution is -2.36. The first-order valence-electron chi connectivity index (χ1n) is 8.63. The van der Waals surface area contributed by atoms with Crippen molar-refractivity contribution in [3.63, 3.8) is 0 Å². The van der Waals surface area contributed by atoms with Gasteiger partial charge in [-0.05, 0) is 66.1 Å². The number of fused-ring (bicyclic) bond motifs is 3. The van der Waals surface area contributed by atoms with Crippen LogP contribution >= 0.6 is 22.6 Å². The van der Waals surface area contributed by atoms with Crippen LogP contribution in [0.2, 0.25) is 0 Å². The molecule has 0 amide bonds. The predicted octanol–water partition coefficient (Wildman–Crippen LogP) is 4.95. The lowest BCUT2D eigenvalue weighted by atomic mass is 9.77. The highest BCUT2D eigenvalue weighted by atomic mass is 127. The fraction of sp³-hybridized carbons (Fsp3) is 0.400. The molecule has 2 aromatic rings. The largest absolute Gasteiger partial charge is 0.504 e. The molecule has 0 unspecified atom stereocenters. The quantitative estimate of drug-likeness (QED) is 0.635. The minimum absolute atomic E-state index is 0.118. The summed E-state index contributed by atoms with van der Waals surface area (Å²) in [7, 11) is 1.59. The van der Waals surface area contributed by atoms with Gasteiger partial charge in [0.25, 0.3) is 0 Å². The van der Waals surface area contributed by atoms with Crippen LogP contribution in [0.5, 0.6) is 11.5 Å². The van der Waals surface area contributed by atoms with Crippen LogP contribution in [0, 0.1) is 16.4 Å². The standard InChI is InChI=1S/C20H22INO3/c1-11-5-6-16-14(8-11)20-13(4-3-7-25-20)18(22-16)12-9-15(21)19(23)17(10-12)24-2/h5-6,8-10,13,18,20,22-23H,3-4,7H2,1-2H3/t13-,18+,20-/m0/s1. The van der Waals surface area contributed by atoms with Gasteiger partial charge in [0.15, 0.2) is 11.5 Å². The third kappa shape index (κ3) is 2.97. The van der Waals surface area contributed by atoms with Crippen LogP contribution in [0.25, 0.3) is 0 Å². The van der Waals surface area contributed by atoms with Gasteiger partial charge in [0, 0.05) is 23.8 Å². The molecule has 0 bridgehead atoms. The van der Waals surface area contributed by atoms with Crippen LogP contribution in [-0.4, -0.2) is 18.8 Å². The first-order chi connectivity index (χ1) is 12.1. The second kappa shape index (κ2) is 6.68. The zero-order chi connectivity index (χ0) is 17.6. The zero-order valence-electron chi connectivity index (χ0n) is 14.4. The molecule has 1 saturated heterocycles. The molecule has 0 radical (unpaired) electrons. The second-order valence-electron chi connectivity index (χ2n) is 6.86. The number of aromatic hydroxyl groups is 1. The maximum Gasteiger partial charge on any atom is 0.171 e. The van der Waals surface area contributed by atoms with E-state index < -0.39 is 0 Å². The molecule has 2 aromatic carbocycles. The maximum atomic E-state index is 10.2. The van der Waals surface area contributed by atoms with Crippen LogP contribution < -0.4 is 10.1 Å². The van der Waals surface area contributed by atoms with Gasteiger partial charge >= 0.3 is 0 Å². The summed E-state index contributed by atoms with van der Waals surface area (Å²) >= 11 is 2.16. The normalized spacial score (nSPS) is 24.8. The van der Waals surface area contributed by atoms with E-state index in [1.54, 1.807) is 7.11 Å². The number of methoxy groups -OCH3 is 1. The molecule has 2 aliphatic rings. The van der Waals surface area contributed by atoms with Gasteiger partial charge in [0.05, 0.1) is 22.8 Å². The van der Waals surface area contributed by atoms with Crippen LogP contribution in [0.3, 0.4) is 0 Å². The van der Waals surface area contributed by atoms with Crippen molar-refractivity contribution in [3.05, 3.63) is 50.6 Å².